The molecule has 0 aromatic heterocycles. The van der Waals surface area contributed by atoms with Gasteiger partial charge in [0.1, 0.15) is 5.92 Å². The first-order chi connectivity index (χ1) is 9.75. The van der Waals surface area contributed by atoms with E-state index < -0.39 is 0 Å². The predicted octanol–water partition coefficient (Wildman–Crippen LogP) is 3.38. The molecule has 0 saturated heterocycles. The summed E-state index contributed by atoms with van der Waals surface area (Å²) in [6.45, 7) is 2.54. The van der Waals surface area contributed by atoms with Crippen LogP contribution in [0.5, 0.6) is 0 Å². The van der Waals surface area contributed by atoms with Crippen molar-refractivity contribution in [1.29, 1.82) is 0 Å². The van der Waals surface area contributed by atoms with Crippen molar-refractivity contribution in [2.24, 2.45) is 4.99 Å². The number of amides is 1. The third-order valence-corrected chi connectivity index (χ3v) is 3.56. The summed E-state index contributed by atoms with van der Waals surface area (Å²) in [6, 6.07) is 17.9. The summed E-state index contributed by atoms with van der Waals surface area (Å²) in [5.41, 5.74) is 3.93. The van der Waals surface area contributed by atoms with E-state index in [0.717, 1.165) is 22.5 Å². The van der Waals surface area contributed by atoms with Crippen molar-refractivity contribution in [3.8, 4) is 0 Å². The fourth-order valence-corrected chi connectivity index (χ4v) is 2.51. The van der Waals surface area contributed by atoms with Crippen molar-refractivity contribution >= 4 is 17.3 Å². The zero-order valence-electron chi connectivity index (χ0n) is 11.3. The number of fused-ring (bicyclic) bond motifs is 1. The van der Waals surface area contributed by atoms with Crippen LogP contribution < -0.4 is 5.32 Å². The highest BCUT2D eigenvalue weighted by atomic mass is 16.2. The number of benzene rings is 2. The standard InChI is InChI=1S/C17H16N2O/c1-12(18-11-13-7-3-2-4-8-13)16-14-9-5-6-10-15(14)19-17(16)20/h2-10,16H,11H2,1H3,(H,19,20). The lowest BCUT2D eigenvalue weighted by Gasteiger charge is -2.08. The van der Waals surface area contributed by atoms with E-state index >= 15 is 0 Å². The van der Waals surface area contributed by atoms with E-state index in [4.69, 9.17) is 0 Å². The number of para-hydroxylation sites is 1. The Morgan fingerprint density at radius 1 is 1.10 bits per heavy atom. The molecule has 0 spiro atoms. The van der Waals surface area contributed by atoms with Gasteiger partial charge in [-0.2, -0.15) is 0 Å². The van der Waals surface area contributed by atoms with Gasteiger partial charge in [-0.25, -0.2) is 0 Å². The second kappa shape index (κ2) is 5.29. The van der Waals surface area contributed by atoms with E-state index in [0.29, 0.717) is 6.54 Å². The number of hydrogen-bond donors (Lipinski definition) is 1. The molecule has 0 fully saturated rings. The molecule has 1 atom stereocenters. The molecule has 1 aliphatic heterocycles. The van der Waals surface area contributed by atoms with Crippen LogP contribution in [0.2, 0.25) is 0 Å². The molecule has 1 heterocycles. The summed E-state index contributed by atoms with van der Waals surface area (Å²) in [4.78, 5) is 16.7. The number of carbonyl (C=O) groups is 1. The lowest BCUT2D eigenvalue weighted by Crippen LogP contribution is -2.19. The molecule has 2 aromatic rings. The first kappa shape index (κ1) is 12.6. The molecule has 3 heteroatoms. The highest BCUT2D eigenvalue weighted by Crippen LogP contribution is 2.33. The largest absolute Gasteiger partial charge is 0.325 e. The topological polar surface area (TPSA) is 41.5 Å². The van der Waals surface area contributed by atoms with Crippen LogP contribution in [0.4, 0.5) is 5.69 Å². The summed E-state index contributed by atoms with van der Waals surface area (Å²) >= 11 is 0. The number of anilines is 1. The molecule has 2 aromatic carbocycles. The lowest BCUT2D eigenvalue weighted by molar-refractivity contribution is -0.115. The monoisotopic (exact) mass is 264 g/mol. The average Bonchev–Trinajstić information content (AvgIpc) is 2.82. The molecule has 0 bridgehead atoms. The van der Waals surface area contributed by atoms with Gasteiger partial charge in [-0.05, 0) is 24.1 Å². The Kier molecular flexibility index (Phi) is 3.33. The Balaban J connectivity index is 1.84. The van der Waals surface area contributed by atoms with Gasteiger partial charge in [0.25, 0.3) is 0 Å². The Morgan fingerprint density at radius 2 is 1.80 bits per heavy atom. The Morgan fingerprint density at radius 3 is 2.60 bits per heavy atom. The molecule has 1 amide bonds. The lowest BCUT2D eigenvalue weighted by atomic mass is 9.96. The predicted molar refractivity (Wildman–Crippen MR) is 81.1 cm³/mol. The second-order valence-corrected chi connectivity index (χ2v) is 4.95. The Bertz CT molecular complexity index is 662. The molecular formula is C17H16N2O. The number of hydrogen-bond acceptors (Lipinski definition) is 2. The van der Waals surface area contributed by atoms with E-state index in [1.807, 2.05) is 61.5 Å². The third kappa shape index (κ3) is 2.35. The summed E-state index contributed by atoms with van der Waals surface area (Å²) in [7, 11) is 0. The fourth-order valence-electron chi connectivity index (χ4n) is 2.51. The van der Waals surface area contributed by atoms with Gasteiger partial charge in [-0.1, -0.05) is 48.5 Å². The number of rotatable bonds is 3. The molecule has 1 N–H and O–H groups in total. The summed E-state index contributed by atoms with van der Waals surface area (Å²) in [5, 5.41) is 2.91. The zero-order chi connectivity index (χ0) is 13.9. The maximum absolute atomic E-state index is 12.1. The van der Waals surface area contributed by atoms with Gasteiger partial charge in [-0.15, -0.1) is 0 Å². The van der Waals surface area contributed by atoms with Crippen LogP contribution in [0.3, 0.4) is 0 Å². The normalized spacial score (nSPS) is 17.8. The number of carbonyl (C=O) groups excluding carboxylic acids is 1. The van der Waals surface area contributed by atoms with Gasteiger partial charge in [0.05, 0.1) is 6.54 Å². The maximum atomic E-state index is 12.1. The van der Waals surface area contributed by atoms with Crippen LogP contribution >= 0.6 is 0 Å². The highest BCUT2D eigenvalue weighted by molar-refractivity contribution is 6.17. The van der Waals surface area contributed by atoms with Crippen molar-refractivity contribution in [3.05, 3.63) is 65.7 Å². The molecule has 0 radical (unpaired) electrons. The average molecular weight is 264 g/mol. The second-order valence-electron chi connectivity index (χ2n) is 4.95. The maximum Gasteiger partial charge on any atom is 0.237 e. The minimum Gasteiger partial charge on any atom is -0.325 e. The molecule has 1 aliphatic rings. The van der Waals surface area contributed by atoms with E-state index in [1.165, 1.54) is 0 Å². The smallest absolute Gasteiger partial charge is 0.237 e. The van der Waals surface area contributed by atoms with Crippen molar-refractivity contribution in [2.75, 3.05) is 5.32 Å². The molecule has 20 heavy (non-hydrogen) atoms. The SMILES string of the molecule is CC(=NCc1ccccc1)C1C(=O)Nc2ccccc21. The van der Waals surface area contributed by atoms with Gasteiger partial charge in [-0.3, -0.25) is 9.79 Å². The van der Waals surface area contributed by atoms with Crippen LogP contribution in [0.1, 0.15) is 24.0 Å². The highest BCUT2D eigenvalue weighted by Gasteiger charge is 2.32. The van der Waals surface area contributed by atoms with Gasteiger partial charge in [0, 0.05) is 11.4 Å². The number of aliphatic imine (C=N–C) groups is 1. The van der Waals surface area contributed by atoms with Crippen LogP contribution in [-0.4, -0.2) is 11.6 Å². The zero-order valence-corrected chi connectivity index (χ0v) is 11.3. The van der Waals surface area contributed by atoms with Crippen molar-refractivity contribution < 1.29 is 4.79 Å². The van der Waals surface area contributed by atoms with Crippen LogP contribution in [-0.2, 0) is 11.3 Å². The first-order valence-corrected chi connectivity index (χ1v) is 6.70. The quantitative estimate of drug-likeness (QED) is 0.848. The number of nitrogens with one attached hydrogen (secondary N) is 1. The molecule has 3 rings (SSSR count). The third-order valence-electron chi connectivity index (χ3n) is 3.56. The summed E-state index contributed by atoms with van der Waals surface area (Å²) < 4.78 is 0. The van der Waals surface area contributed by atoms with Gasteiger partial charge in [0.15, 0.2) is 0 Å². The summed E-state index contributed by atoms with van der Waals surface area (Å²) in [5.74, 6) is -0.240. The molecule has 0 aliphatic carbocycles. The Hall–Kier alpha value is -2.42. The van der Waals surface area contributed by atoms with Gasteiger partial charge in [0.2, 0.25) is 5.91 Å². The van der Waals surface area contributed by atoms with E-state index in [9.17, 15) is 4.79 Å². The van der Waals surface area contributed by atoms with Gasteiger partial charge < -0.3 is 5.32 Å². The molecule has 100 valence electrons. The van der Waals surface area contributed by atoms with Crippen LogP contribution in [0.15, 0.2) is 59.6 Å². The Labute approximate surface area is 118 Å². The van der Waals surface area contributed by atoms with Crippen molar-refractivity contribution in [3.63, 3.8) is 0 Å². The van der Waals surface area contributed by atoms with Gasteiger partial charge >= 0.3 is 0 Å². The van der Waals surface area contributed by atoms with Crippen molar-refractivity contribution in [1.82, 2.24) is 0 Å². The molecular weight excluding hydrogens is 248 g/mol. The number of nitrogens with zero attached hydrogens (tertiary/aromatic N) is 1. The van der Waals surface area contributed by atoms with E-state index in [2.05, 4.69) is 10.3 Å². The molecule has 3 nitrogen and oxygen atoms in total. The fraction of sp³-hybridized carbons (Fsp3) is 0.176. The first-order valence-electron chi connectivity index (χ1n) is 6.70. The van der Waals surface area contributed by atoms with Crippen molar-refractivity contribution in [2.45, 2.75) is 19.4 Å². The minimum atomic E-state index is -0.255. The minimum absolute atomic E-state index is 0.0144. The summed E-state index contributed by atoms with van der Waals surface area (Å²) in [6.07, 6.45) is 0. The van der Waals surface area contributed by atoms with Crippen LogP contribution in [0, 0.1) is 0 Å². The van der Waals surface area contributed by atoms with E-state index in [1.54, 1.807) is 0 Å². The van der Waals surface area contributed by atoms with Crippen LogP contribution in [0.25, 0.3) is 0 Å². The molecule has 0 saturated carbocycles. The van der Waals surface area contributed by atoms with E-state index in [-0.39, 0.29) is 11.8 Å². The molecule has 1 unspecified atom stereocenters.